The number of nitrogens with two attached hydrogens (primary N) is 1. The number of piperidine rings is 2. The second-order valence-corrected chi connectivity index (χ2v) is 9.77. The van der Waals surface area contributed by atoms with E-state index in [2.05, 4.69) is 16.0 Å². The Hall–Kier alpha value is -3.68. The van der Waals surface area contributed by atoms with Gasteiger partial charge < -0.3 is 20.6 Å². The number of anilines is 1. The molecule has 2 fully saturated rings. The molecule has 1 amide bonds. The molecule has 0 aliphatic carbocycles. The minimum Gasteiger partial charge on any atom is -0.393 e. The molecule has 2 saturated heterocycles. The van der Waals surface area contributed by atoms with Crippen LogP contribution in [0.1, 0.15) is 47.3 Å². The number of imidazole rings is 1. The van der Waals surface area contributed by atoms with Crippen LogP contribution in [-0.2, 0) is 13.6 Å². The molecule has 1 unspecified atom stereocenters. The van der Waals surface area contributed by atoms with Crippen molar-refractivity contribution in [2.24, 2.45) is 12.8 Å². The van der Waals surface area contributed by atoms with Crippen LogP contribution in [0.5, 0.6) is 0 Å². The first-order valence-corrected chi connectivity index (χ1v) is 12.4. The van der Waals surface area contributed by atoms with Gasteiger partial charge in [0.15, 0.2) is 5.65 Å². The van der Waals surface area contributed by atoms with E-state index in [1.54, 1.807) is 34.7 Å². The van der Waals surface area contributed by atoms with Crippen LogP contribution >= 0.6 is 0 Å². The molecule has 1 aromatic carbocycles. The van der Waals surface area contributed by atoms with E-state index in [4.69, 9.17) is 5.73 Å². The number of likely N-dealkylation sites (tertiary alicyclic amines) is 1. The third-order valence-corrected chi connectivity index (χ3v) is 7.30. The molecular formula is C26H31N7O3. The molecule has 5 rings (SSSR count). The minimum absolute atomic E-state index is 0.00658. The fourth-order valence-electron chi connectivity index (χ4n) is 5.27. The molecule has 2 aromatic heterocycles. The fourth-order valence-corrected chi connectivity index (χ4v) is 5.27. The minimum atomic E-state index is -0.388. The summed E-state index contributed by atoms with van der Waals surface area (Å²) in [6.07, 6.45) is 2.52. The van der Waals surface area contributed by atoms with Gasteiger partial charge in [-0.25, -0.2) is 9.78 Å². The number of aliphatic hydroxyl groups excluding tert-OH is 1. The molecule has 36 heavy (non-hydrogen) atoms. The van der Waals surface area contributed by atoms with Crippen molar-refractivity contribution in [3.05, 3.63) is 57.6 Å². The Morgan fingerprint density at radius 2 is 1.97 bits per heavy atom. The van der Waals surface area contributed by atoms with Crippen molar-refractivity contribution < 1.29 is 9.90 Å². The van der Waals surface area contributed by atoms with Crippen LogP contribution in [-0.4, -0.2) is 68.4 Å². The number of carbonyl (C=O) groups excluding carboxylic acids is 1. The highest BCUT2D eigenvalue weighted by molar-refractivity contribution is 5.98. The summed E-state index contributed by atoms with van der Waals surface area (Å²) < 4.78 is 3.11. The molecule has 0 saturated carbocycles. The first kappa shape index (κ1) is 24.0. The lowest BCUT2D eigenvalue weighted by Crippen LogP contribution is -2.43. The summed E-state index contributed by atoms with van der Waals surface area (Å²) >= 11 is 0. The van der Waals surface area contributed by atoms with Gasteiger partial charge in [-0.15, -0.1) is 0 Å². The van der Waals surface area contributed by atoms with E-state index >= 15 is 0 Å². The number of rotatable bonds is 4. The van der Waals surface area contributed by atoms with Crippen LogP contribution in [0.3, 0.4) is 0 Å². The normalized spacial score (nSPS) is 19.0. The molecule has 188 valence electrons. The molecular weight excluding hydrogens is 458 g/mol. The summed E-state index contributed by atoms with van der Waals surface area (Å²) in [5.74, 6) is -0.207. The van der Waals surface area contributed by atoms with Gasteiger partial charge in [-0.1, -0.05) is 18.2 Å². The van der Waals surface area contributed by atoms with Crippen LogP contribution in [0.25, 0.3) is 11.2 Å². The van der Waals surface area contributed by atoms with Gasteiger partial charge in [0.1, 0.15) is 11.2 Å². The van der Waals surface area contributed by atoms with Crippen LogP contribution < -0.4 is 16.3 Å². The first-order valence-electron chi connectivity index (χ1n) is 12.4. The Morgan fingerprint density at radius 3 is 2.69 bits per heavy atom. The molecule has 0 bridgehead atoms. The predicted molar refractivity (Wildman–Crippen MR) is 136 cm³/mol. The van der Waals surface area contributed by atoms with Crippen molar-refractivity contribution in [2.75, 3.05) is 31.1 Å². The highest BCUT2D eigenvalue weighted by Crippen LogP contribution is 2.30. The van der Waals surface area contributed by atoms with Crippen molar-refractivity contribution in [3.8, 4) is 6.07 Å². The summed E-state index contributed by atoms with van der Waals surface area (Å²) in [6, 6.07) is 11.2. The summed E-state index contributed by atoms with van der Waals surface area (Å²) in [5.41, 5.74) is 9.37. The van der Waals surface area contributed by atoms with E-state index in [9.17, 15) is 20.0 Å². The Balaban J connectivity index is 1.66. The standard InChI is InChI=1S/C26H31N7O3/c1-30-24-23(33(26(30)36)15-18-6-3-2-5-17(18)14-27)22(32-10-4-7-19(28)16-32)13-21(29-24)25(35)31-11-8-20(34)9-12-31/h2-3,5-6,13,19-20,34H,4,7-12,15-16,28H2,1H3. The summed E-state index contributed by atoms with van der Waals surface area (Å²) in [5, 5.41) is 19.4. The molecule has 10 heteroatoms. The number of aryl methyl sites for hydroxylation is 1. The van der Waals surface area contributed by atoms with Gasteiger partial charge in [0.25, 0.3) is 5.91 Å². The summed E-state index contributed by atoms with van der Waals surface area (Å²) in [7, 11) is 1.65. The van der Waals surface area contributed by atoms with Crippen LogP contribution in [0.2, 0.25) is 0 Å². The number of aromatic nitrogens is 3. The molecule has 0 radical (unpaired) electrons. The number of benzene rings is 1. The monoisotopic (exact) mass is 489 g/mol. The van der Waals surface area contributed by atoms with Gasteiger partial charge in [-0.2, -0.15) is 5.26 Å². The molecule has 0 spiro atoms. The molecule has 3 aromatic rings. The maximum absolute atomic E-state index is 13.4. The quantitative estimate of drug-likeness (QED) is 0.562. The van der Waals surface area contributed by atoms with Gasteiger partial charge in [0.05, 0.1) is 30.0 Å². The van der Waals surface area contributed by atoms with Gasteiger partial charge in [-0.05, 0) is 43.4 Å². The molecule has 3 N–H and O–H groups in total. The molecule has 2 aliphatic heterocycles. The Labute approximate surface area is 209 Å². The summed E-state index contributed by atoms with van der Waals surface area (Å²) in [4.78, 5) is 35.4. The van der Waals surface area contributed by atoms with Crippen molar-refractivity contribution in [2.45, 2.75) is 44.4 Å². The van der Waals surface area contributed by atoms with Crippen LogP contribution in [0.15, 0.2) is 35.1 Å². The van der Waals surface area contributed by atoms with E-state index in [0.717, 1.165) is 30.6 Å². The Kier molecular flexibility index (Phi) is 6.51. The van der Waals surface area contributed by atoms with Crippen LogP contribution in [0, 0.1) is 11.3 Å². The number of amides is 1. The maximum atomic E-state index is 13.4. The second-order valence-electron chi connectivity index (χ2n) is 9.77. The number of hydrogen-bond donors (Lipinski definition) is 2. The number of carbonyl (C=O) groups is 1. The van der Waals surface area contributed by atoms with Crippen molar-refractivity contribution in [1.29, 1.82) is 5.26 Å². The third-order valence-electron chi connectivity index (χ3n) is 7.30. The zero-order valence-electron chi connectivity index (χ0n) is 20.4. The first-order chi connectivity index (χ1) is 17.4. The summed E-state index contributed by atoms with van der Waals surface area (Å²) in [6.45, 7) is 2.52. The SMILES string of the molecule is Cn1c(=O)n(Cc2ccccc2C#N)c2c(N3CCCC(N)C3)cc(C(=O)N3CCC(O)CC3)nc21. The van der Waals surface area contributed by atoms with Gasteiger partial charge in [0.2, 0.25) is 0 Å². The van der Waals surface area contributed by atoms with E-state index in [-0.39, 0.29) is 36.0 Å². The lowest BCUT2D eigenvalue weighted by Gasteiger charge is -2.34. The zero-order valence-corrected chi connectivity index (χ0v) is 20.4. The van der Waals surface area contributed by atoms with Crippen molar-refractivity contribution in [3.63, 3.8) is 0 Å². The Morgan fingerprint density at radius 1 is 1.22 bits per heavy atom. The van der Waals surface area contributed by atoms with Crippen molar-refractivity contribution >= 4 is 22.8 Å². The molecule has 1 atom stereocenters. The van der Waals surface area contributed by atoms with Crippen LogP contribution in [0.4, 0.5) is 5.69 Å². The number of hydrogen-bond acceptors (Lipinski definition) is 7. The van der Waals surface area contributed by atoms with Gasteiger partial charge in [0, 0.05) is 39.3 Å². The number of nitriles is 1. The number of nitrogens with zero attached hydrogens (tertiary/aromatic N) is 6. The smallest absolute Gasteiger partial charge is 0.330 e. The highest BCUT2D eigenvalue weighted by Gasteiger charge is 2.29. The average molecular weight is 490 g/mol. The topological polar surface area (TPSA) is 133 Å². The second kappa shape index (κ2) is 9.76. The van der Waals surface area contributed by atoms with Crippen molar-refractivity contribution in [1.82, 2.24) is 19.0 Å². The van der Waals surface area contributed by atoms with E-state index in [0.29, 0.717) is 49.2 Å². The zero-order chi connectivity index (χ0) is 25.4. The number of pyridine rings is 1. The number of aliphatic hydroxyl groups is 1. The Bertz CT molecular complexity index is 1400. The van der Waals surface area contributed by atoms with E-state index < -0.39 is 0 Å². The third kappa shape index (κ3) is 4.36. The van der Waals surface area contributed by atoms with E-state index in [1.165, 1.54) is 4.57 Å². The van der Waals surface area contributed by atoms with Gasteiger partial charge >= 0.3 is 5.69 Å². The number of fused-ring (bicyclic) bond motifs is 1. The molecule has 10 nitrogen and oxygen atoms in total. The van der Waals surface area contributed by atoms with E-state index in [1.807, 2.05) is 12.1 Å². The lowest BCUT2D eigenvalue weighted by molar-refractivity contribution is 0.0542. The maximum Gasteiger partial charge on any atom is 0.330 e. The molecule has 2 aliphatic rings. The highest BCUT2D eigenvalue weighted by atomic mass is 16.3. The fraction of sp³-hybridized carbons (Fsp3) is 0.462. The van der Waals surface area contributed by atoms with Gasteiger partial charge in [-0.3, -0.25) is 13.9 Å². The lowest BCUT2D eigenvalue weighted by atomic mass is 10.0. The predicted octanol–water partition coefficient (Wildman–Crippen LogP) is 1.18. The largest absolute Gasteiger partial charge is 0.393 e. The molecule has 4 heterocycles. The average Bonchev–Trinajstić information content (AvgIpc) is 3.13.